The molecule has 0 aromatic heterocycles. The van der Waals surface area contributed by atoms with Crippen molar-refractivity contribution in [2.45, 2.75) is 33.5 Å². The summed E-state index contributed by atoms with van der Waals surface area (Å²) in [5.74, 6) is 0.862. The standard InChI is InChI=1S/C14H20O2/c1-5-10-15-12(4)16-14-9-7-8-13(6-2)11(14)3/h6-9,12H,2,5,10H2,1,3-4H3. The summed E-state index contributed by atoms with van der Waals surface area (Å²) in [5, 5.41) is 0. The van der Waals surface area contributed by atoms with Crippen LogP contribution in [0.5, 0.6) is 5.75 Å². The van der Waals surface area contributed by atoms with Crippen LogP contribution in [-0.4, -0.2) is 12.9 Å². The van der Waals surface area contributed by atoms with Gasteiger partial charge in [-0.15, -0.1) is 0 Å². The van der Waals surface area contributed by atoms with Crippen LogP contribution in [0.1, 0.15) is 31.4 Å². The second kappa shape index (κ2) is 6.33. The van der Waals surface area contributed by atoms with E-state index in [-0.39, 0.29) is 6.29 Å². The molecule has 1 unspecified atom stereocenters. The minimum absolute atomic E-state index is 0.210. The highest BCUT2D eigenvalue weighted by molar-refractivity contribution is 5.55. The Morgan fingerprint density at radius 2 is 2.19 bits per heavy atom. The van der Waals surface area contributed by atoms with Crippen LogP contribution in [0.4, 0.5) is 0 Å². The molecular formula is C14H20O2. The lowest BCUT2D eigenvalue weighted by Crippen LogP contribution is -2.17. The van der Waals surface area contributed by atoms with Crippen molar-refractivity contribution in [3.05, 3.63) is 35.9 Å². The first-order chi connectivity index (χ1) is 7.69. The molecule has 16 heavy (non-hydrogen) atoms. The van der Waals surface area contributed by atoms with Gasteiger partial charge in [0.1, 0.15) is 5.75 Å². The molecule has 0 heterocycles. The van der Waals surface area contributed by atoms with Crippen molar-refractivity contribution >= 4 is 6.08 Å². The van der Waals surface area contributed by atoms with Crippen molar-refractivity contribution in [1.29, 1.82) is 0 Å². The number of hydrogen-bond donors (Lipinski definition) is 0. The molecule has 1 rings (SSSR count). The Balaban J connectivity index is 2.69. The first kappa shape index (κ1) is 12.8. The van der Waals surface area contributed by atoms with Gasteiger partial charge in [0.25, 0.3) is 0 Å². The Kier molecular flexibility index (Phi) is 5.06. The molecule has 0 radical (unpaired) electrons. The average Bonchev–Trinajstić information content (AvgIpc) is 2.29. The molecular weight excluding hydrogens is 200 g/mol. The van der Waals surface area contributed by atoms with Crippen LogP contribution in [0.25, 0.3) is 6.08 Å². The molecule has 1 aromatic carbocycles. The molecule has 1 atom stereocenters. The Hall–Kier alpha value is -1.28. The largest absolute Gasteiger partial charge is 0.465 e. The number of ether oxygens (including phenoxy) is 2. The van der Waals surface area contributed by atoms with Crippen LogP contribution >= 0.6 is 0 Å². The average molecular weight is 220 g/mol. The minimum Gasteiger partial charge on any atom is -0.465 e. The summed E-state index contributed by atoms with van der Waals surface area (Å²) in [6.45, 7) is 10.5. The van der Waals surface area contributed by atoms with Crippen molar-refractivity contribution in [2.24, 2.45) is 0 Å². The smallest absolute Gasteiger partial charge is 0.196 e. The quantitative estimate of drug-likeness (QED) is 0.679. The van der Waals surface area contributed by atoms with Gasteiger partial charge in [0.05, 0.1) is 6.61 Å². The van der Waals surface area contributed by atoms with Gasteiger partial charge in [0.15, 0.2) is 6.29 Å². The zero-order valence-electron chi connectivity index (χ0n) is 10.3. The Bertz CT molecular complexity index is 345. The van der Waals surface area contributed by atoms with Gasteiger partial charge in [-0.05, 0) is 37.5 Å². The van der Waals surface area contributed by atoms with Gasteiger partial charge >= 0.3 is 0 Å². The summed E-state index contributed by atoms with van der Waals surface area (Å²) in [7, 11) is 0. The van der Waals surface area contributed by atoms with Gasteiger partial charge < -0.3 is 9.47 Å². The van der Waals surface area contributed by atoms with E-state index < -0.39 is 0 Å². The molecule has 0 bridgehead atoms. The maximum absolute atomic E-state index is 5.72. The summed E-state index contributed by atoms with van der Waals surface area (Å²) < 4.78 is 11.2. The second-order valence-electron chi connectivity index (χ2n) is 3.73. The molecule has 1 aromatic rings. The highest BCUT2D eigenvalue weighted by Crippen LogP contribution is 2.23. The molecule has 0 saturated heterocycles. The van der Waals surface area contributed by atoms with E-state index >= 15 is 0 Å². The summed E-state index contributed by atoms with van der Waals surface area (Å²) >= 11 is 0. The third kappa shape index (κ3) is 3.38. The fourth-order valence-electron chi connectivity index (χ4n) is 1.48. The lowest BCUT2D eigenvalue weighted by atomic mass is 10.1. The first-order valence-corrected chi connectivity index (χ1v) is 5.69. The summed E-state index contributed by atoms with van der Waals surface area (Å²) in [5.41, 5.74) is 2.20. The lowest BCUT2D eigenvalue weighted by molar-refractivity contribution is -0.0666. The van der Waals surface area contributed by atoms with Gasteiger partial charge in [0.2, 0.25) is 0 Å². The third-order valence-corrected chi connectivity index (χ3v) is 2.40. The Morgan fingerprint density at radius 1 is 1.44 bits per heavy atom. The molecule has 2 heteroatoms. The number of benzene rings is 1. The SMILES string of the molecule is C=Cc1cccc(OC(C)OCCC)c1C. The minimum atomic E-state index is -0.210. The van der Waals surface area contributed by atoms with Crippen LogP contribution in [0.2, 0.25) is 0 Å². The van der Waals surface area contributed by atoms with E-state index in [0.717, 1.165) is 29.9 Å². The van der Waals surface area contributed by atoms with Gasteiger partial charge in [-0.25, -0.2) is 0 Å². The third-order valence-electron chi connectivity index (χ3n) is 2.40. The van der Waals surface area contributed by atoms with Gasteiger partial charge in [-0.2, -0.15) is 0 Å². The van der Waals surface area contributed by atoms with Crippen molar-refractivity contribution < 1.29 is 9.47 Å². The molecule has 0 amide bonds. The fourth-order valence-corrected chi connectivity index (χ4v) is 1.48. The molecule has 0 aliphatic carbocycles. The van der Waals surface area contributed by atoms with Gasteiger partial charge in [-0.1, -0.05) is 31.7 Å². The summed E-state index contributed by atoms with van der Waals surface area (Å²) in [4.78, 5) is 0. The van der Waals surface area contributed by atoms with Crippen LogP contribution in [0.15, 0.2) is 24.8 Å². The maximum Gasteiger partial charge on any atom is 0.196 e. The molecule has 0 spiro atoms. The van der Waals surface area contributed by atoms with Crippen molar-refractivity contribution in [1.82, 2.24) is 0 Å². The van der Waals surface area contributed by atoms with E-state index in [1.807, 2.05) is 38.1 Å². The lowest BCUT2D eigenvalue weighted by Gasteiger charge is -2.17. The van der Waals surface area contributed by atoms with Crippen LogP contribution in [0, 0.1) is 6.92 Å². The normalized spacial score (nSPS) is 12.2. The monoisotopic (exact) mass is 220 g/mol. The molecule has 0 fully saturated rings. The van der Waals surface area contributed by atoms with E-state index in [4.69, 9.17) is 9.47 Å². The fraction of sp³-hybridized carbons (Fsp3) is 0.429. The molecule has 0 aliphatic rings. The van der Waals surface area contributed by atoms with E-state index in [2.05, 4.69) is 13.5 Å². The van der Waals surface area contributed by atoms with Crippen LogP contribution < -0.4 is 4.74 Å². The molecule has 2 nitrogen and oxygen atoms in total. The number of rotatable bonds is 6. The summed E-state index contributed by atoms with van der Waals surface area (Å²) in [6.07, 6.45) is 2.62. The van der Waals surface area contributed by atoms with E-state index in [1.165, 1.54) is 0 Å². The van der Waals surface area contributed by atoms with Crippen LogP contribution in [-0.2, 0) is 4.74 Å². The van der Waals surface area contributed by atoms with E-state index in [1.54, 1.807) is 0 Å². The Morgan fingerprint density at radius 3 is 2.81 bits per heavy atom. The van der Waals surface area contributed by atoms with E-state index in [9.17, 15) is 0 Å². The van der Waals surface area contributed by atoms with Gasteiger partial charge in [-0.3, -0.25) is 0 Å². The molecule has 0 N–H and O–H groups in total. The molecule has 0 saturated carbocycles. The predicted molar refractivity (Wildman–Crippen MR) is 67.6 cm³/mol. The van der Waals surface area contributed by atoms with E-state index in [0.29, 0.717) is 0 Å². The van der Waals surface area contributed by atoms with Crippen molar-refractivity contribution in [2.75, 3.05) is 6.61 Å². The first-order valence-electron chi connectivity index (χ1n) is 5.69. The zero-order chi connectivity index (χ0) is 12.0. The highest BCUT2D eigenvalue weighted by Gasteiger charge is 2.07. The molecule has 88 valence electrons. The maximum atomic E-state index is 5.72. The summed E-state index contributed by atoms with van der Waals surface area (Å²) in [6, 6.07) is 5.94. The van der Waals surface area contributed by atoms with Crippen molar-refractivity contribution in [3.63, 3.8) is 0 Å². The highest BCUT2D eigenvalue weighted by atomic mass is 16.7. The molecule has 0 aliphatic heterocycles. The van der Waals surface area contributed by atoms with Crippen molar-refractivity contribution in [3.8, 4) is 5.75 Å². The predicted octanol–water partition coefficient (Wildman–Crippen LogP) is 3.79. The second-order valence-corrected chi connectivity index (χ2v) is 3.73. The van der Waals surface area contributed by atoms with Crippen LogP contribution in [0.3, 0.4) is 0 Å². The number of hydrogen-bond acceptors (Lipinski definition) is 2. The topological polar surface area (TPSA) is 18.5 Å². The van der Waals surface area contributed by atoms with Gasteiger partial charge in [0, 0.05) is 0 Å². The zero-order valence-corrected chi connectivity index (χ0v) is 10.3. The Labute approximate surface area is 97.9 Å².